The summed E-state index contributed by atoms with van der Waals surface area (Å²) in [7, 11) is 0. The standard InChI is InChI=1S/C55H80N12O24/c1-20(23-6-4-3-5-7-23)33-48(84)61-25(12-22-8-10-24(11-9-22)87-53-44(81)42(79)45(31(19-71)90-53)91-52-37(74)21(2)36(73)29(17-69)89-52)47(83)65-34(38(75)26-13-59-54(56)63-26)50(86)66-35(49(85)62-27(16-68)46(82)58-15-32(72)64-33)39(76)28-14-60-55(57)67(28)51-43(80)41(78)40(77)30(18-70)88-51/h3-11,20-21,25-31,33-45,51-53,68-71,73-81H,12-19H2,1-2H3,(H2,57,60)(H,58,82)(H,61,84)(H,62,85)(H,64,72)(H,65,83)(H,66,86)(H3,56,59,63). The van der Waals surface area contributed by atoms with Crippen LogP contribution in [0.1, 0.15) is 30.9 Å². The molecule has 2 aromatic rings. The van der Waals surface area contributed by atoms with E-state index in [4.69, 9.17) is 34.5 Å². The van der Waals surface area contributed by atoms with Gasteiger partial charge in [0.25, 0.3) is 0 Å². The number of hydrogen-bond donors (Lipinski definition) is 24. The van der Waals surface area contributed by atoms with E-state index in [9.17, 15) is 85.6 Å². The van der Waals surface area contributed by atoms with Crippen molar-refractivity contribution in [2.45, 2.75) is 167 Å². The van der Waals surface area contributed by atoms with Gasteiger partial charge in [0.1, 0.15) is 109 Å². The minimum atomic E-state index is -2.35. The highest BCUT2D eigenvalue weighted by atomic mass is 16.7. The largest absolute Gasteiger partial charge is 0.462 e. The molecule has 0 bridgehead atoms. The molecule has 0 saturated carbocycles. The summed E-state index contributed by atoms with van der Waals surface area (Å²) in [5.41, 5.74) is 0.731. The number of carbonyl (C=O) groups is 6. The minimum Gasteiger partial charge on any atom is -0.462 e. The van der Waals surface area contributed by atoms with Crippen molar-refractivity contribution < 1.29 is 119 Å². The molecule has 8 rings (SSSR count). The molecule has 36 nitrogen and oxygen atoms in total. The third-order valence-electron chi connectivity index (χ3n) is 17.0. The Labute approximate surface area is 518 Å². The second-order valence-electron chi connectivity index (χ2n) is 23.0. The van der Waals surface area contributed by atoms with Crippen LogP contribution in [0.15, 0.2) is 54.6 Å². The highest BCUT2D eigenvalue weighted by Crippen LogP contribution is 2.33. The molecule has 504 valence electrons. The van der Waals surface area contributed by atoms with E-state index in [1.807, 2.05) is 0 Å². The third kappa shape index (κ3) is 15.7. The Bertz CT molecular complexity index is 2870. The van der Waals surface area contributed by atoms with Gasteiger partial charge in [0.15, 0.2) is 24.4 Å². The van der Waals surface area contributed by atoms with Gasteiger partial charge in [-0.1, -0.05) is 56.3 Å². The number of nitrogens with one attached hydrogen (secondary N) is 11. The molecule has 0 aliphatic carbocycles. The average molecular weight is 1290 g/mol. The lowest BCUT2D eigenvalue weighted by atomic mass is 9.90. The van der Waals surface area contributed by atoms with Crippen LogP contribution in [0.4, 0.5) is 0 Å². The van der Waals surface area contributed by atoms with E-state index in [0.717, 1.165) is 4.90 Å². The molecule has 6 amide bonds. The number of carbonyl (C=O) groups excluding carboxylic acids is 6. The molecule has 0 spiro atoms. The van der Waals surface area contributed by atoms with Gasteiger partial charge >= 0.3 is 0 Å². The van der Waals surface area contributed by atoms with Crippen LogP contribution in [0, 0.1) is 16.7 Å². The van der Waals surface area contributed by atoms with Crippen molar-refractivity contribution in [3.05, 3.63) is 65.7 Å². The molecule has 36 heteroatoms. The number of rotatable bonds is 17. The fourth-order valence-corrected chi connectivity index (χ4v) is 11.5. The minimum absolute atomic E-state index is 0.0452. The van der Waals surface area contributed by atoms with Gasteiger partial charge in [0, 0.05) is 31.3 Å². The number of aliphatic hydroxyl groups excluding tert-OH is 13. The van der Waals surface area contributed by atoms with Crippen LogP contribution in [0.5, 0.6) is 5.75 Å². The molecular weight excluding hydrogens is 1210 g/mol. The molecule has 2 aromatic carbocycles. The summed E-state index contributed by atoms with van der Waals surface area (Å²) in [4.78, 5) is 87.9. The number of ether oxygens (including phenoxy) is 5. The molecule has 91 heavy (non-hydrogen) atoms. The van der Waals surface area contributed by atoms with E-state index < -0.39 is 240 Å². The Morgan fingerprint density at radius 3 is 1.81 bits per heavy atom. The fraction of sp³-hybridized carbons (Fsp3) is 0.636. The number of benzene rings is 2. The summed E-state index contributed by atoms with van der Waals surface area (Å²) in [6.07, 6.45) is -28.1. The third-order valence-corrected chi connectivity index (χ3v) is 17.0. The number of amides is 6. The molecular formula is C55H80N12O24. The van der Waals surface area contributed by atoms with Crippen molar-refractivity contribution in [2.75, 3.05) is 46.1 Å². The molecule has 25 unspecified atom stereocenters. The SMILES string of the molecule is CC(c1ccccc1)C1NC(=O)CNC(=O)C(CO)NC(=O)C(C(O)C2CNC(=N)N2C2OC(CO)C(O)C(O)C2O)NC(=O)C(C(O)C2CNC(=N)N2)NC(=O)C(Cc2ccc(OC3OC(CO)C(OC4OC(CO)C(O)C(C)C4O)C(O)C3O)cc2)NC1=O. The first-order valence-electron chi connectivity index (χ1n) is 29.3. The van der Waals surface area contributed by atoms with Gasteiger partial charge in [0.05, 0.1) is 51.2 Å². The zero-order chi connectivity index (χ0) is 66.3. The summed E-state index contributed by atoms with van der Waals surface area (Å²) < 4.78 is 28.7. The maximum Gasteiger partial charge on any atom is 0.246 e. The Morgan fingerprint density at radius 1 is 0.571 bits per heavy atom. The number of guanidine groups is 2. The van der Waals surface area contributed by atoms with Gasteiger partial charge in [-0.05, 0) is 23.3 Å². The lowest BCUT2D eigenvalue weighted by Crippen LogP contribution is -2.69. The van der Waals surface area contributed by atoms with Crippen LogP contribution < -0.4 is 52.6 Å². The van der Waals surface area contributed by atoms with Crippen LogP contribution in [0.3, 0.4) is 0 Å². The Morgan fingerprint density at radius 2 is 1.18 bits per heavy atom. The predicted octanol–water partition coefficient (Wildman–Crippen LogP) is -11.9. The van der Waals surface area contributed by atoms with Crippen LogP contribution in [-0.2, 0) is 54.1 Å². The zero-order valence-electron chi connectivity index (χ0n) is 49.0. The highest BCUT2D eigenvalue weighted by molar-refractivity contribution is 5.98. The van der Waals surface area contributed by atoms with E-state index in [1.54, 1.807) is 37.3 Å². The second kappa shape index (κ2) is 30.6. The Kier molecular flexibility index (Phi) is 23.4. The topological polar surface area (TPSA) is 571 Å². The fourth-order valence-electron chi connectivity index (χ4n) is 11.5. The maximum absolute atomic E-state index is 15.1. The average Bonchev–Trinajstić information content (AvgIpc) is 1.85. The van der Waals surface area contributed by atoms with Gasteiger partial charge < -0.3 is 143 Å². The van der Waals surface area contributed by atoms with Gasteiger partial charge in [-0.25, -0.2) is 0 Å². The van der Waals surface area contributed by atoms with Crippen molar-refractivity contribution in [1.29, 1.82) is 10.8 Å². The van der Waals surface area contributed by atoms with Gasteiger partial charge in [0.2, 0.25) is 41.7 Å². The lowest BCUT2D eigenvalue weighted by molar-refractivity contribution is -0.347. The van der Waals surface area contributed by atoms with Crippen molar-refractivity contribution >= 4 is 47.4 Å². The van der Waals surface area contributed by atoms with Crippen LogP contribution in [-0.4, -0.2) is 305 Å². The summed E-state index contributed by atoms with van der Waals surface area (Å²) in [6, 6.07) is 0.918. The van der Waals surface area contributed by atoms with Gasteiger partial charge in [-0.15, -0.1) is 0 Å². The van der Waals surface area contributed by atoms with Gasteiger partial charge in [-0.2, -0.15) is 0 Å². The molecule has 24 N–H and O–H groups in total. The summed E-state index contributed by atoms with van der Waals surface area (Å²) in [6.45, 7) is -2.15. The number of hydrogen-bond acceptors (Lipinski definition) is 26. The van der Waals surface area contributed by atoms with E-state index >= 15 is 9.59 Å². The van der Waals surface area contributed by atoms with E-state index in [-0.39, 0.29) is 23.8 Å². The second-order valence-corrected chi connectivity index (χ2v) is 23.0. The molecule has 0 aromatic heterocycles. The molecule has 6 aliphatic heterocycles. The van der Waals surface area contributed by atoms with Gasteiger partial charge in [-0.3, -0.25) is 39.6 Å². The Hall–Kier alpha value is -7.08. The highest BCUT2D eigenvalue weighted by Gasteiger charge is 2.54. The van der Waals surface area contributed by atoms with Crippen molar-refractivity contribution in [3.8, 4) is 5.75 Å². The van der Waals surface area contributed by atoms with Crippen LogP contribution in [0.25, 0.3) is 0 Å². The van der Waals surface area contributed by atoms with Crippen molar-refractivity contribution in [1.82, 2.24) is 52.8 Å². The number of aliphatic hydroxyl groups is 13. The summed E-state index contributed by atoms with van der Waals surface area (Å²) >= 11 is 0. The predicted molar refractivity (Wildman–Crippen MR) is 305 cm³/mol. The Balaban J connectivity index is 1.11. The molecule has 6 heterocycles. The van der Waals surface area contributed by atoms with E-state index in [0.29, 0.717) is 5.56 Å². The lowest BCUT2D eigenvalue weighted by Gasteiger charge is -2.46. The summed E-state index contributed by atoms with van der Waals surface area (Å²) in [5, 5.41) is 180. The molecule has 25 atom stereocenters. The van der Waals surface area contributed by atoms with Crippen LogP contribution in [0.2, 0.25) is 0 Å². The van der Waals surface area contributed by atoms with Crippen LogP contribution >= 0.6 is 0 Å². The molecule has 6 aliphatic rings. The number of nitrogens with zero attached hydrogens (tertiary/aromatic N) is 1. The van der Waals surface area contributed by atoms with Crippen molar-refractivity contribution in [2.24, 2.45) is 5.92 Å². The van der Waals surface area contributed by atoms with E-state index in [1.165, 1.54) is 31.2 Å². The first kappa shape index (κ1) is 69.8. The zero-order valence-corrected chi connectivity index (χ0v) is 49.0. The first-order chi connectivity index (χ1) is 43.3. The van der Waals surface area contributed by atoms with Crippen molar-refractivity contribution in [3.63, 3.8) is 0 Å². The summed E-state index contributed by atoms with van der Waals surface area (Å²) in [5.74, 6) is -10.1. The maximum atomic E-state index is 15.1. The first-order valence-corrected chi connectivity index (χ1v) is 29.3. The monoisotopic (exact) mass is 1290 g/mol. The normalized spacial score (nSPS) is 37.5. The molecule has 6 fully saturated rings. The smallest absolute Gasteiger partial charge is 0.246 e. The van der Waals surface area contributed by atoms with E-state index in [2.05, 4.69) is 47.9 Å². The molecule has 0 radical (unpaired) electrons. The molecule has 6 saturated heterocycles. The quantitative estimate of drug-likeness (QED) is 0.0699.